The molecule has 0 saturated carbocycles. The lowest BCUT2D eigenvalue weighted by molar-refractivity contribution is -0.123. The molecule has 3 aromatic rings. The van der Waals surface area contributed by atoms with E-state index in [1.807, 2.05) is 59.9 Å². The predicted molar refractivity (Wildman–Crippen MR) is 140 cm³/mol. The van der Waals surface area contributed by atoms with Gasteiger partial charge in [0.05, 0.1) is 10.8 Å². The first-order valence-corrected chi connectivity index (χ1v) is 13.4. The molecule has 5 nitrogen and oxygen atoms in total. The third-order valence-corrected chi connectivity index (χ3v) is 8.39. The third-order valence-electron chi connectivity index (χ3n) is 4.79. The second-order valence-corrected chi connectivity index (χ2v) is 11.0. The highest BCUT2D eigenvalue weighted by Gasteiger charge is 2.18. The highest BCUT2D eigenvalue weighted by atomic mass is 79.9. The van der Waals surface area contributed by atoms with Crippen LogP contribution in [0.4, 0.5) is 4.39 Å². The largest absolute Gasteiger partial charge is 0.488 e. The minimum atomic E-state index is -0.376. The zero-order valence-electron chi connectivity index (χ0n) is 18.1. The van der Waals surface area contributed by atoms with Crippen molar-refractivity contribution in [1.29, 1.82) is 0 Å². The van der Waals surface area contributed by atoms with E-state index in [-0.39, 0.29) is 24.9 Å². The van der Waals surface area contributed by atoms with Gasteiger partial charge in [0.25, 0.3) is 5.91 Å². The molecule has 1 aliphatic rings. The molecule has 1 amide bonds. The Morgan fingerprint density at radius 2 is 1.88 bits per heavy atom. The number of rotatable bonds is 9. The molecule has 0 aliphatic carbocycles. The Balaban J connectivity index is 1.28. The maximum absolute atomic E-state index is 13.4. The van der Waals surface area contributed by atoms with Crippen LogP contribution in [0, 0.1) is 5.82 Å². The Labute approximate surface area is 214 Å². The van der Waals surface area contributed by atoms with Crippen LogP contribution in [0.15, 0.2) is 76.3 Å². The van der Waals surface area contributed by atoms with Crippen molar-refractivity contribution in [2.75, 3.05) is 18.1 Å². The van der Waals surface area contributed by atoms with Gasteiger partial charge >= 0.3 is 0 Å². The lowest BCUT2D eigenvalue weighted by Gasteiger charge is -2.10. The first-order chi connectivity index (χ1) is 16.6. The van der Waals surface area contributed by atoms with Crippen LogP contribution in [0.2, 0.25) is 0 Å². The first-order valence-electron chi connectivity index (χ1n) is 10.5. The lowest BCUT2D eigenvalue weighted by atomic mass is 10.2. The fourth-order valence-electron chi connectivity index (χ4n) is 3.17. The van der Waals surface area contributed by atoms with E-state index in [0.717, 1.165) is 4.47 Å². The van der Waals surface area contributed by atoms with E-state index in [1.54, 1.807) is 18.2 Å². The molecule has 4 rings (SSSR count). The molecule has 34 heavy (non-hydrogen) atoms. The quantitative estimate of drug-likeness (QED) is 0.250. The number of carbonyl (C=O) groups excluding carboxylic acids is 1. The number of amides is 1. The summed E-state index contributed by atoms with van der Waals surface area (Å²) in [6.07, 6.45) is 1.50. The maximum Gasteiger partial charge on any atom is 0.277 e. The fraction of sp³-hybridized carbons (Fsp3) is 0.200. The third kappa shape index (κ3) is 7.25. The Kier molecular flexibility index (Phi) is 8.90. The van der Waals surface area contributed by atoms with Gasteiger partial charge in [0, 0.05) is 21.5 Å². The van der Waals surface area contributed by atoms with E-state index in [2.05, 4.69) is 26.5 Å². The summed E-state index contributed by atoms with van der Waals surface area (Å²) < 4.78 is 26.1. The topological polar surface area (TPSA) is 59.9 Å². The Morgan fingerprint density at radius 1 is 1.09 bits per heavy atom. The molecule has 0 radical (unpaired) electrons. The van der Waals surface area contributed by atoms with Gasteiger partial charge < -0.3 is 9.47 Å². The summed E-state index contributed by atoms with van der Waals surface area (Å²) in [6, 6.07) is 19.5. The van der Waals surface area contributed by atoms with Crippen molar-refractivity contribution >= 4 is 51.6 Å². The van der Waals surface area contributed by atoms with E-state index in [9.17, 15) is 9.18 Å². The highest BCUT2D eigenvalue weighted by Crippen LogP contribution is 2.45. The molecule has 0 spiro atoms. The number of benzene rings is 3. The van der Waals surface area contributed by atoms with Crippen LogP contribution in [-0.2, 0) is 11.4 Å². The molecule has 0 unspecified atom stereocenters. The monoisotopic (exact) mass is 560 g/mol. The Hall–Kier alpha value is -2.49. The standard InChI is InChI=1S/C25H22BrFN2O3S2/c26-20-6-9-23(32-15-17-2-1-3-21(27)12-17)19(13-20)14-28-29-24(30)16-31-22-7-4-18(5-8-22)25-33-10-11-34-25/h1-9,12-14,25H,10-11,15-16H2,(H,29,30)/b28-14-. The van der Waals surface area contributed by atoms with Crippen molar-refractivity contribution in [3.05, 3.63) is 93.7 Å². The van der Waals surface area contributed by atoms with Crippen molar-refractivity contribution in [2.45, 2.75) is 11.2 Å². The van der Waals surface area contributed by atoms with Crippen LogP contribution in [0.3, 0.4) is 0 Å². The van der Waals surface area contributed by atoms with E-state index in [4.69, 9.17) is 9.47 Å². The smallest absolute Gasteiger partial charge is 0.277 e. The van der Waals surface area contributed by atoms with Crippen LogP contribution in [0.1, 0.15) is 21.3 Å². The van der Waals surface area contributed by atoms with Gasteiger partial charge in [-0.25, -0.2) is 9.82 Å². The molecule has 0 bridgehead atoms. The van der Waals surface area contributed by atoms with E-state index in [0.29, 0.717) is 27.2 Å². The van der Waals surface area contributed by atoms with Crippen molar-refractivity contribution in [1.82, 2.24) is 5.43 Å². The van der Waals surface area contributed by atoms with Crippen LogP contribution in [-0.4, -0.2) is 30.2 Å². The number of ether oxygens (including phenoxy) is 2. The van der Waals surface area contributed by atoms with Gasteiger partial charge in [0.15, 0.2) is 6.61 Å². The zero-order valence-corrected chi connectivity index (χ0v) is 21.3. The molecule has 9 heteroatoms. The molecule has 1 saturated heterocycles. The summed E-state index contributed by atoms with van der Waals surface area (Å²) in [7, 11) is 0. The number of carbonyl (C=O) groups is 1. The second-order valence-electron chi connectivity index (χ2n) is 7.33. The summed E-state index contributed by atoms with van der Waals surface area (Å²) in [5, 5.41) is 4.02. The summed E-state index contributed by atoms with van der Waals surface area (Å²) in [4.78, 5) is 12.1. The molecule has 0 atom stereocenters. The summed E-state index contributed by atoms with van der Waals surface area (Å²) in [6.45, 7) is 0.0579. The number of hydrogen-bond donors (Lipinski definition) is 1. The minimum absolute atomic E-state index is 0.148. The predicted octanol–water partition coefficient (Wildman–Crippen LogP) is 6.17. The van der Waals surface area contributed by atoms with Gasteiger partial charge in [-0.3, -0.25) is 4.79 Å². The van der Waals surface area contributed by atoms with E-state index in [1.165, 1.54) is 35.4 Å². The van der Waals surface area contributed by atoms with E-state index < -0.39 is 0 Å². The number of hydrazone groups is 1. The summed E-state index contributed by atoms with van der Waals surface area (Å²) in [5.74, 6) is 2.85. The lowest BCUT2D eigenvalue weighted by Crippen LogP contribution is -2.24. The molecular formula is C25H22BrFN2O3S2. The zero-order chi connectivity index (χ0) is 23.8. The van der Waals surface area contributed by atoms with Crippen LogP contribution < -0.4 is 14.9 Å². The Bertz CT molecular complexity index is 1160. The summed E-state index contributed by atoms with van der Waals surface area (Å²) >= 11 is 7.32. The molecule has 1 aliphatic heterocycles. The second kappa shape index (κ2) is 12.3. The van der Waals surface area contributed by atoms with Crippen molar-refractivity contribution in [2.24, 2.45) is 5.10 Å². The minimum Gasteiger partial charge on any atom is -0.488 e. The fourth-order valence-corrected chi connectivity index (χ4v) is 6.40. The number of hydrogen-bond acceptors (Lipinski definition) is 6. The number of nitrogens with zero attached hydrogens (tertiary/aromatic N) is 1. The van der Waals surface area contributed by atoms with Crippen molar-refractivity contribution in [3.8, 4) is 11.5 Å². The molecule has 176 valence electrons. The van der Waals surface area contributed by atoms with Crippen molar-refractivity contribution < 1.29 is 18.7 Å². The van der Waals surface area contributed by atoms with Gasteiger partial charge in [-0.15, -0.1) is 23.5 Å². The normalized spacial score (nSPS) is 13.8. The summed E-state index contributed by atoms with van der Waals surface area (Å²) in [5.41, 5.74) is 5.10. The molecular weight excluding hydrogens is 539 g/mol. The van der Waals surface area contributed by atoms with Gasteiger partial charge in [-0.05, 0) is 53.6 Å². The van der Waals surface area contributed by atoms with Crippen LogP contribution >= 0.6 is 39.5 Å². The van der Waals surface area contributed by atoms with Gasteiger partial charge in [0.2, 0.25) is 0 Å². The highest BCUT2D eigenvalue weighted by molar-refractivity contribution is 9.10. The Morgan fingerprint density at radius 3 is 2.65 bits per heavy atom. The van der Waals surface area contributed by atoms with Crippen LogP contribution in [0.25, 0.3) is 0 Å². The average molecular weight is 561 g/mol. The number of halogens is 2. The first kappa shape index (κ1) is 24.6. The van der Waals surface area contributed by atoms with Crippen molar-refractivity contribution in [3.63, 3.8) is 0 Å². The molecule has 0 aromatic heterocycles. The van der Waals surface area contributed by atoms with Gasteiger partial charge in [-0.1, -0.05) is 40.2 Å². The van der Waals surface area contributed by atoms with Crippen LogP contribution in [0.5, 0.6) is 11.5 Å². The molecule has 1 fully saturated rings. The number of nitrogens with one attached hydrogen (secondary N) is 1. The average Bonchev–Trinajstić information content (AvgIpc) is 3.38. The maximum atomic E-state index is 13.4. The molecule has 1 heterocycles. The molecule has 1 N–H and O–H groups in total. The SMILES string of the molecule is O=C(COc1ccc(C2SCCS2)cc1)N/N=C\c1cc(Br)ccc1OCc1cccc(F)c1. The van der Waals surface area contributed by atoms with E-state index >= 15 is 0 Å². The van der Waals surface area contributed by atoms with Gasteiger partial charge in [0.1, 0.15) is 23.9 Å². The van der Waals surface area contributed by atoms with Gasteiger partial charge in [-0.2, -0.15) is 5.10 Å². The number of thioether (sulfide) groups is 2. The molecule has 3 aromatic carbocycles.